The van der Waals surface area contributed by atoms with Crippen LogP contribution < -0.4 is 5.56 Å². The number of aryl methyl sites for hydroxylation is 1. The first-order valence-electron chi connectivity index (χ1n) is 8.55. The molecular weight excluding hydrogens is 296 g/mol. The van der Waals surface area contributed by atoms with Crippen LogP contribution in [-0.2, 0) is 12.8 Å². The molecule has 3 nitrogen and oxygen atoms in total. The Morgan fingerprint density at radius 3 is 2.58 bits per heavy atom. The van der Waals surface area contributed by atoms with Gasteiger partial charge in [-0.2, -0.15) is 0 Å². The topological polar surface area (TPSA) is 36.1 Å². The van der Waals surface area contributed by atoms with Crippen molar-refractivity contribution in [2.24, 2.45) is 0 Å². The zero-order valence-electron chi connectivity index (χ0n) is 14.2. The lowest BCUT2D eigenvalue weighted by molar-refractivity contribution is 0.400. The van der Waals surface area contributed by atoms with Gasteiger partial charge in [0, 0.05) is 17.4 Å². The highest BCUT2D eigenvalue weighted by Crippen LogP contribution is 2.39. The molecule has 0 saturated heterocycles. The molecule has 1 heterocycles. The van der Waals surface area contributed by atoms with Crippen molar-refractivity contribution in [2.75, 3.05) is 20.6 Å². The van der Waals surface area contributed by atoms with Gasteiger partial charge in [0.15, 0.2) is 0 Å². The van der Waals surface area contributed by atoms with Gasteiger partial charge in [0.1, 0.15) is 0 Å². The summed E-state index contributed by atoms with van der Waals surface area (Å²) >= 11 is 0. The SMILES string of the molecule is CN(C)CCCc1cccc2c1Cc1c-2[nH]c(=O)c2ccccc12. The van der Waals surface area contributed by atoms with Gasteiger partial charge in [0.2, 0.25) is 0 Å². The number of fused-ring (bicyclic) bond motifs is 5. The second-order valence-corrected chi connectivity index (χ2v) is 6.88. The number of rotatable bonds is 4. The molecule has 3 aromatic rings. The minimum atomic E-state index is 0.00945. The van der Waals surface area contributed by atoms with E-state index in [9.17, 15) is 4.79 Å². The Morgan fingerprint density at radius 2 is 1.79 bits per heavy atom. The Labute approximate surface area is 141 Å². The second-order valence-electron chi connectivity index (χ2n) is 6.88. The van der Waals surface area contributed by atoms with E-state index < -0.39 is 0 Å². The summed E-state index contributed by atoms with van der Waals surface area (Å²) in [5.41, 5.74) is 6.29. The quantitative estimate of drug-likeness (QED) is 0.624. The van der Waals surface area contributed by atoms with Gasteiger partial charge in [-0.15, -0.1) is 0 Å². The van der Waals surface area contributed by atoms with Crippen molar-refractivity contribution in [3.8, 4) is 11.3 Å². The van der Waals surface area contributed by atoms with Crippen molar-refractivity contribution in [1.82, 2.24) is 9.88 Å². The number of hydrogen-bond donors (Lipinski definition) is 1. The molecule has 3 heteroatoms. The molecule has 1 aliphatic rings. The molecule has 24 heavy (non-hydrogen) atoms. The maximum Gasteiger partial charge on any atom is 0.256 e. The van der Waals surface area contributed by atoms with Crippen molar-refractivity contribution >= 4 is 10.8 Å². The van der Waals surface area contributed by atoms with E-state index in [-0.39, 0.29) is 5.56 Å². The highest BCUT2D eigenvalue weighted by atomic mass is 16.1. The third-order valence-corrected chi connectivity index (χ3v) is 4.98. The van der Waals surface area contributed by atoms with Crippen molar-refractivity contribution in [3.63, 3.8) is 0 Å². The van der Waals surface area contributed by atoms with Crippen LogP contribution in [0.5, 0.6) is 0 Å². The summed E-state index contributed by atoms with van der Waals surface area (Å²) in [5, 5.41) is 1.88. The van der Waals surface area contributed by atoms with E-state index in [2.05, 4.69) is 48.2 Å². The van der Waals surface area contributed by atoms with Crippen molar-refractivity contribution < 1.29 is 0 Å². The zero-order valence-corrected chi connectivity index (χ0v) is 14.2. The summed E-state index contributed by atoms with van der Waals surface area (Å²) < 4.78 is 0. The molecule has 0 amide bonds. The molecule has 0 spiro atoms. The molecule has 1 aliphatic carbocycles. The van der Waals surface area contributed by atoms with Gasteiger partial charge in [-0.05, 0) is 61.6 Å². The molecule has 4 rings (SSSR count). The monoisotopic (exact) mass is 318 g/mol. The van der Waals surface area contributed by atoms with E-state index in [0.717, 1.165) is 42.3 Å². The Bertz CT molecular complexity index is 969. The van der Waals surface area contributed by atoms with E-state index in [0.29, 0.717) is 0 Å². The molecule has 0 aliphatic heterocycles. The number of H-pyrrole nitrogens is 1. The lowest BCUT2D eigenvalue weighted by Gasteiger charge is -2.11. The number of aromatic amines is 1. The minimum Gasteiger partial charge on any atom is -0.321 e. The lowest BCUT2D eigenvalue weighted by atomic mass is 9.98. The number of nitrogens with one attached hydrogen (secondary N) is 1. The van der Waals surface area contributed by atoms with E-state index >= 15 is 0 Å². The third-order valence-electron chi connectivity index (χ3n) is 4.98. The molecule has 0 atom stereocenters. The molecule has 0 unspecified atom stereocenters. The number of hydrogen-bond acceptors (Lipinski definition) is 2. The molecule has 1 aromatic heterocycles. The molecule has 122 valence electrons. The summed E-state index contributed by atoms with van der Waals surface area (Å²) in [6.45, 7) is 1.09. The van der Waals surface area contributed by atoms with Gasteiger partial charge < -0.3 is 9.88 Å². The lowest BCUT2D eigenvalue weighted by Crippen LogP contribution is -2.13. The molecule has 0 saturated carbocycles. The standard InChI is InChI=1S/C21H22N2O/c1-23(2)12-6-8-14-7-5-11-16-18(14)13-19-15-9-3-4-10-17(15)21(24)22-20(16)19/h3-5,7,9-11H,6,8,12-13H2,1-2H3,(H,22,24). The molecule has 0 bridgehead atoms. The molecule has 0 fully saturated rings. The van der Waals surface area contributed by atoms with E-state index in [4.69, 9.17) is 0 Å². The van der Waals surface area contributed by atoms with Gasteiger partial charge >= 0.3 is 0 Å². The highest BCUT2D eigenvalue weighted by Gasteiger charge is 2.24. The van der Waals surface area contributed by atoms with Crippen LogP contribution in [0.25, 0.3) is 22.0 Å². The maximum atomic E-state index is 12.4. The van der Waals surface area contributed by atoms with E-state index in [1.54, 1.807) is 0 Å². The summed E-state index contributed by atoms with van der Waals surface area (Å²) in [4.78, 5) is 17.8. The van der Waals surface area contributed by atoms with Crippen molar-refractivity contribution in [3.05, 3.63) is 69.5 Å². The number of pyridine rings is 1. The fourth-order valence-electron chi connectivity index (χ4n) is 3.82. The van der Waals surface area contributed by atoms with Crippen molar-refractivity contribution in [1.29, 1.82) is 0 Å². The van der Waals surface area contributed by atoms with Crippen molar-refractivity contribution in [2.45, 2.75) is 19.3 Å². The second kappa shape index (κ2) is 5.91. The van der Waals surface area contributed by atoms with Crippen LogP contribution in [0.15, 0.2) is 47.3 Å². The van der Waals surface area contributed by atoms with Gasteiger partial charge in [-0.25, -0.2) is 0 Å². The van der Waals surface area contributed by atoms with Crippen LogP contribution in [0.1, 0.15) is 23.1 Å². The largest absolute Gasteiger partial charge is 0.321 e. The first-order valence-corrected chi connectivity index (χ1v) is 8.55. The summed E-state index contributed by atoms with van der Waals surface area (Å²) in [5.74, 6) is 0. The predicted octanol–water partition coefficient (Wildman–Crippen LogP) is 3.59. The number of benzene rings is 2. The van der Waals surface area contributed by atoms with Gasteiger partial charge in [-0.3, -0.25) is 4.79 Å². The Morgan fingerprint density at radius 1 is 1.00 bits per heavy atom. The van der Waals surface area contributed by atoms with Gasteiger partial charge in [0.05, 0.1) is 5.69 Å². The Hall–Kier alpha value is -2.39. The molecule has 2 aromatic carbocycles. The summed E-state index contributed by atoms with van der Waals surface area (Å²) in [7, 11) is 4.23. The first kappa shape index (κ1) is 15.2. The zero-order chi connectivity index (χ0) is 16.7. The average molecular weight is 318 g/mol. The van der Waals surface area contributed by atoms with E-state index in [1.807, 2.05) is 18.2 Å². The number of aromatic nitrogens is 1. The van der Waals surface area contributed by atoms with Crippen LogP contribution in [0.3, 0.4) is 0 Å². The third kappa shape index (κ3) is 2.45. The maximum absolute atomic E-state index is 12.4. The fraction of sp³-hybridized carbons (Fsp3) is 0.286. The van der Waals surface area contributed by atoms with Gasteiger partial charge in [-0.1, -0.05) is 36.4 Å². The number of nitrogens with zero attached hydrogens (tertiary/aromatic N) is 1. The smallest absolute Gasteiger partial charge is 0.256 e. The van der Waals surface area contributed by atoms with Gasteiger partial charge in [0.25, 0.3) is 5.56 Å². The van der Waals surface area contributed by atoms with Crippen LogP contribution in [0.2, 0.25) is 0 Å². The predicted molar refractivity (Wildman–Crippen MR) is 99.7 cm³/mol. The van der Waals surface area contributed by atoms with Crippen LogP contribution >= 0.6 is 0 Å². The first-order chi connectivity index (χ1) is 11.6. The summed E-state index contributed by atoms with van der Waals surface area (Å²) in [6, 6.07) is 14.4. The van der Waals surface area contributed by atoms with Crippen LogP contribution in [0, 0.1) is 0 Å². The molecular formula is C21H22N2O. The van der Waals surface area contributed by atoms with Crippen LogP contribution in [0.4, 0.5) is 0 Å². The summed E-state index contributed by atoms with van der Waals surface area (Å²) in [6.07, 6.45) is 3.15. The normalized spacial score (nSPS) is 12.6. The minimum absolute atomic E-state index is 0.00945. The van der Waals surface area contributed by atoms with Crippen LogP contribution in [-0.4, -0.2) is 30.5 Å². The fourth-order valence-corrected chi connectivity index (χ4v) is 3.82. The van der Waals surface area contributed by atoms with E-state index in [1.165, 1.54) is 22.3 Å². The average Bonchev–Trinajstić information content (AvgIpc) is 2.95. The Kier molecular flexibility index (Phi) is 3.73. The molecule has 1 N–H and O–H groups in total. The Balaban J connectivity index is 1.79. The highest BCUT2D eigenvalue weighted by molar-refractivity contribution is 5.93. The molecule has 0 radical (unpaired) electrons.